The zero-order valence-corrected chi connectivity index (χ0v) is 16.0. The summed E-state index contributed by atoms with van der Waals surface area (Å²) < 4.78 is 11.7. The van der Waals surface area contributed by atoms with Crippen LogP contribution >= 0.6 is 23.2 Å². The van der Waals surface area contributed by atoms with Crippen LogP contribution in [0.2, 0.25) is 10.0 Å². The van der Waals surface area contributed by atoms with Gasteiger partial charge in [0, 0.05) is 6.42 Å². The molecule has 0 N–H and O–H groups in total. The van der Waals surface area contributed by atoms with Gasteiger partial charge in [0.1, 0.15) is 30.5 Å². The second-order valence-electron chi connectivity index (χ2n) is 5.93. The van der Waals surface area contributed by atoms with Gasteiger partial charge in [-0.1, -0.05) is 59.6 Å². The molecule has 0 radical (unpaired) electrons. The molecule has 0 saturated heterocycles. The van der Waals surface area contributed by atoms with Gasteiger partial charge < -0.3 is 14.3 Å². The third-order valence-corrected chi connectivity index (χ3v) is 4.71. The van der Waals surface area contributed by atoms with Crippen molar-refractivity contribution in [2.75, 3.05) is 0 Å². The maximum absolute atomic E-state index is 11.0. The first-order chi connectivity index (χ1) is 13.2. The molecule has 0 aliphatic rings. The number of benzene rings is 3. The van der Waals surface area contributed by atoms with Gasteiger partial charge in [-0.05, 0) is 47.5 Å². The topological polar surface area (TPSA) is 35.5 Å². The molecule has 138 valence electrons. The average Bonchev–Trinajstić information content (AvgIpc) is 2.70. The Balaban J connectivity index is 1.65. The zero-order valence-electron chi connectivity index (χ0n) is 14.5. The Labute approximate surface area is 168 Å². The standard InChI is InChI=1S/C22H18Cl2O3/c23-20-11-6-16(14-21(20)24)15-26-18-9-7-17(8-10-18)22(12-13-25)27-19-4-2-1-3-5-19/h1-11,13-14,22H,12,15H2. The van der Waals surface area contributed by atoms with Gasteiger partial charge in [0.25, 0.3) is 0 Å². The van der Waals surface area contributed by atoms with Crippen molar-refractivity contribution < 1.29 is 14.3 Å². The van der Waals surface area contributed by atoms with Gasteiger partial charge in [-0.25, -0.2) is 0 Å². The number of carbonyl (C=O) groups is 1. The van der Waals surface area contributed by atoms with E-state index in [0.29, 0.717) is 16.7 Å². The summed E-state index contributed by atoms with van der Waals surface area (Å²) in [5.74, 6) is 1.44. The molecule has 0 bridgehead atoms. The molecular formula is C22H18Cl2O3. The van der Waals surface area contributed by atoms with Crippen LogP contribution in [0.3, 0.4) is 0 Å². The number of rotatable bonds is 8. The van der Waals surface area contributed by atoms with Crippen LogP contribution < -0.4 is 9.47 Å². The largest absolute Gasteiger partial charge is 0.489 e. The lowest BCUT2D eigenvalue weighted by Gasteiger charge is -2.18. The van der Waals surface area contributed by atoms with Crippen LogP contribution in [0.4, 0.5) is 0 Å². The van der Waals surface area contributed by atoms with Crippen LogP contribution in [-0.4, -0.2) is 6.29 Å². The van der Waals surface area contributed by atoms with E-state index < -0.39 is 0 Å². The fourth-order valence-electron chi connectivity index (χ4n) is 2.58. The summed E-state index contributed by atoms with van der Waals surface area (Å²) in [6, 6.07) is 22.4. The molecule has 1 atom stereocenters. The molecule has 27 heavy (non-hydrogen) atoms. The lowest BCUT2D eigenvalue weighted by Crippen LogP contribution is -2.08. The molecule has 0 aliphatic carbocycles. The highest BCUT2D eigenvalue weighted by Crippen LogP contribution is 2.27. The van der Waals surface area contributed by atoms with Crippen molar-refractivity contribution in [3.8, 4) is 11.5 Å². The Hall–Kier alpha value is -2.49. The number of aldehydes is 1. The summed E-state index contributed by atoms with van der Waals surface area (Å²) in [7, 11) is 0. The number of halogens is 2. The van der Waals surface area contributed by atoms with E-state index in [1.807, 2.05) is 60.7 Å². The van der Waals surface area contributed by atoms with Gasteiger partial charge in [0.2, 0.25) is 0 Å². The molecular weight excluding hydrogens is 383 g/mol. The fourth-order valence-corrected chi connectivity index (χ4v) is 2.90. The van der Waals surface area contributed by atoms with Gasteiger partial charge in [-0.3, -0.25) is 0 Å². The number of carbonyl (C=O) groups excluding carboxylic acids is 1. The number of para-hydroxylation sites is 1. The fraction of sp³-hybridized carbons (Fsp3) is 0.136. The predicted molar refractivity (Wildman–Crippen MR) is 108 cm³/mol. The summed E-state index contributed by atoms with van der Waals surface area (Å²) in [5.41, 5.74) is 1.84. The summed E-state index contributed by atoms with van der Waals surface area (Å²) in [4.78, 5) is 11.0. The Morgan fingerprint density at radius 3 is 2.26 bits per heavy atom. The van der Waals surface area contributed by atoms with E-state index in [2.05, 4.69) is 0 Å². The highest BCUT2D eigenvalue weighted by molar-refractivity contribution is 6.42. The van der Waals surface area contributed by atoms with Gasteiger partial charge in [-0.15, -0.1) is 0 Å². The van der Waals surface area contributed by atoms with E-state index in [9.17, 15) is 4.79 Å². The quantitative estimate of drug-likeness (QED) is 0.417. The average molecular weight is 401 g/mol. The zero-order chi connectivity index (χ0) is 19.1. The third kappa shape index (κ3) is 5.49. The molecule has 0 fully saturated rings. The van der Waals surface area contributed by atoms with E-state index in [1.165, 1.54) is 0 Å². The van der Waals surface area contributed by atoms with Crippen LogP contribution in [0.5, 0.6) is 11.5 Å². The maximum Gasteiger partial charge on any atom is 0.130 e. The van der Waals surface area contributed by atoms with Crippen molar-refractivity contribution in [1.82, 2.24) is 0 Å². The first kappa shape index (κ1) is 19.3. The Morgan fingerprint density at radius 2 is 1.59 bits per heavy atom. The number of hydrogen-bond donors (Lipinski definition) is 0. The van der Waals surface area contributed by atoms with Crippen LogP contribution in [-0.2, 0) is 11.4 Å². The minimum Gasteiger partial charge on any atom is -0.489 e. The van der Waals surface area contributed by atoms with Gasteiger partial charge >= 0.3 is 0 Å². The smallest absolute Gasteiger partial charge is 0.130 e. The molecule has 3 aromatic carbocycles. The molecule has 1 unspecified atom stereocenters. The molecule has 0 amide bonds. The molecule has 0 spiro atoms. The van der Waals surface area contributed by atoms with E-state index in [0.717, 1.165) is 28.9 Å². The lowest BCUT2D eigenvalue weighted by atomic mass is 10.1. The van der Waals surface area contributed by atoms with Crippen molar-refractivity contribution in [3.05, 3.63) is 94.0 Å². The maximum atomic E-state index is 11.0. The van der Waals surface area contributed by atoms with Crippen molar-refractivity contribution >= 4 is 29.5 Å². The van der Waals surface area contributed by atoms with Crippen molar-refractivity contribution in [2.24, 2.45) is 0 Å². The second kappa shape index (κ2) is 9.45. The molecule has 3 rings (SSSR count). The van der Waals surface area contributed by atoms with Crippen LogP contribution in [0.25, 0.3) is 0 Å². The van der Waals surface area contributed by atoms with Crippen molar-refractivity contribution in [1.29, 1.82) is 0 Å². The monoisotopic (exact) mass is 400 g/mol. The second-order valence-corrected chi connectivity index (χ2v) is 6.74. The van der Waals surface area contributed by atoms with Gasteiger partial charge in [0.15, 0.2) is 0 Å². The van der Waals surface area contributed by atoms with Crippen LogP contribution in [0.1, 0.15) is 23.7 Å². The SMILES string of the molecule is O=CCC(Oc1ccccc1)c1ccc(OCc2ccc(Cl)c(Cl)c2)cc1. The summed E-state index contributed by atoms with van der Waals surface area (Å²) in [6.45, 7) is 0.383. The highest BCUT2D eigenvalue weighted by Gasteiger charge is 2.13. The van der Waals surface area contributed by atoms with E-state index in [1.54, 1.807) is 12.1 Å². The Bertz CT molecular complexity index is 880. The summed E-state index contributed by atoms with van der Waals surface area (Å²) in [5, 5.41) is 1.02. The molecule has 0 saturated carbocycles. The Kier molecular flexibility index (Phi) is 6.74. The van der Waals surface area contributed by atoms with Crippen LogP contribution in [0, 0.1) is 0 Å². The molecule has 5 heteroatoms. The van der Waals surface area contributed by atoms with Crippen molar-refractivity contribution in [3.63, 3.8) is 0 Å². The molecule has 0 aromatic heterocycles. The minimum atomic E-state index is -0.339. The normalized spacial score (nSPS) is 11.6. The van der Waals surface area contributed by atoms with E-state index >= 15 is 0 Å². The third-order valence-electron chi connectivity index (χ3n) is 3.97. The summed E-state index contributed by atoms with van der Waals surface area (Å²) in [6.07, 6.45) is 0.801. The molecule has 3 aromatic rings. The van der Waals surface area contributed by atoms with Crippen molar-refractivity contribution in [2.45, 2.75) is 19.1 Å². The van der Waals surface area contributed by atoms with E-state index in [-0.39, 0.29) is 12.5 Å². The number of ether oxygens (including phenoxy) is 2. The molecule has 0 aliphatic heterocycles. The Morgan fingerprint density at radius 1 is 0.852 bits per heavy atom. The van der Waals surface area contributed by atoms with Crippen LogP contribution in [0.15, 0.2) is 72.8 Å². The lowest BCUT2D eigenvalue weighted by molar-refractivity contribution is -0.109. The first-order valence-electron chi connectivity index (χ1n) is 8.48. The summed E-state index contributed by atoms with van der Waals surface area (Å²) >= 11 is 11.9. The predicted octanol–water partition coefficient (Wildman–Crippen LogP) is 6.28. The first-order valence-corrected chi connectivity index (χ1v) is 9.23. The minimum absolute atomic E-state index is 0.276. The highest BCUT2D eigenvalue weighted by atomic mass is 35.5. The number of hydrogen-bond acceptors (Lipinski definition) is 3. The molecule has 3 nitrogen and oxygen atoms in total. The molecule has 0 heterocycles. The van der Waals surface area contributed by atoms with Gasteiger partial charge in [-0.2, -0.15) is 0 Å². The van der Waals surface area contributed by atoms with E-state index in [4.69, 9.17) is 32.7 Å². The van der Waals surface area contributed by atoms with Gasteiger partial charge in [0.05, 0.1) is 10.0 Å².